The third-order valence-electron chi connectivity index (χ3n) is 9.65. The van der Waals surface area contributed by atoms with Crippen molar-refractivity contribution in [2.75, 3.05) is 0 Å². The molecule has 38 heavy (non-hydrogen) atoms. The van der Waals surface area contributed by atoms with Crippen LogP contribution >= 0.6 is 0 Å². The third kappa shape index (κ3) is 1.87. The van der Waals surface area contributed by atoms with Gasteiger partial charge in [-0.05, 0) is 82.2 Å². The van der Waals surface area contributed by atoms with Crippen LogP contribution in [-0.4, -0.2) is 0 Å². The summed E-state index contributed by atoms with van der Waals surface area (Å²) in [7, 11) is 0. The molecule has 11 rings (SSSR count). The summed E-state index contributed by atoms with van der Waals surface area (Å²) in [6.45, 7) is 0. The smallest absolute Gasteiger partial charge is 0.0795 e. The highest BCUT2D eigenvalue weighted by Gasteiger charge is 2.38. The second-order valence-electron chi connectivity index (χ2n) is 11.4. The number of rotatable bonds is 0. The van der Waals surface area contributed by atoms with Gasteiger partial charge in [0.2, 0.25) is 0 Å². The van der Waals surface area contributed by atoms with Crippen molar-refractivity contribution in [3.8, 4) is 11.1 Å². The summed E-state index contributed by atoms with van der Waals surface area (Å²) in [5.41, 5.74) is 8.44. The van der Waals surface area contributed by atoms with Gasteiger partial charge in [-0.15, -0.1) is 0 Å². The Kier molecular flexibility index (Phi) is 2.84. The standard InChI is InChI=1S/C38H19/c1-4-19-10-11-26-18-29-30-17-24-9-3-7-22-14-21-6-2-8-23-16-28(37(30)38(32(21)23)33(22)24)27-13-12-25-15-20(5-1)31(19)34(26)35(25)36(27)29/h1-7,9-18H,8H2/q+1. The predicted octanol–water partition coefficient (Wildman–Crippen LogP) is 9.08. The van der Waals surface area contributed by atoms with Gasteiger partial charge in [0.1, 0.15) is 0 Å². The molecule has 3 aliphatic rings. The topological polar surface area (TPSA) is 0 Å². The summed E-state index contributed by atoms with van der Waals surface area (Å²) in [6, 6.07) is 32.8. The minimum Gasteiger partial charge on any atom is -0.0795 e. The van der Waals surface area contributed by atoms with Crippen LogP contribution in [0.1, 0.15) is 22.3 Å². The Morgan fingerprint density at radius 1 is 0.526 bits per heavy atom. The fourth-order valence-electron chi connectivity index (χ4n) is 8.27. The molecule has 0 N–H and O–H groups in total. The van der Waals surface area contributed by atoms with Gasteiger partial charge in [-0.3, -0.25) is 0 Å². The normalized spacial score (nSPS) is 14.8. The van der Waals surface area contributed by atoms with E-state index in [4.69, 9.17) is 0 Å². The van der Waals surface area contributed by atoms with E-state index in [-0.39, 0.29) is 0 Å². The Morgan fingerprint density at radius 2 is 1.29 bits per heavy atom. The number of benzene rings is 8. The molecule has 3 aliphatic carbocycles. The van der Waals surface area contributed by atoms with Crippen molar-refractivity contribution >= 4 is 76.8 Å². The predicted molar refractivity (Wildman–Crippen MR) is 162 cm³/mol. The van der Waals surface area contributed by atoms with E-state index in [1.165, 1.54) is 109 Å². The molecule has 0 atom stereocenters. The summed E-state index contributed by atoms with van der Waals surface area (Å²) in [4.78, 5) is 0. The van der Waals surface area contributed by atoms with E-state index < -0.39 is 0 Å². The van der Waals surface area contributed by atoms with Crippen molar-refractivity contribution in [3.63, 3.8) is 0 Å². The Morgan fingerprint density at radius 3 is 2.21 bits per heavy atom. The van der Waals surface area contributed by atoms with Crippen molar-refractivity contribution in [1.29, 1.82) is 0 Å². The van der Waals surface area contributed by atoms with Crippen LogP contribution in [0.5, 0.6) is 0 Å². The van der Waals surface area contributed by atoms with Gasteiger partial charge < -0.3 is 0 Å². The van der Waals surface area contributed by atoms with E-state index in [1.807, 2.05) is 0 Å². The maximum atomic E-state index is 2.52. The Balaban J connectivity index is 1.45. The Labute approximate surface area is 218 Å². The molecule has 0 heteroatoms. The molecule has 0 aliphatic heterocycles. The van der Waals surface area contributed by atoms with Crippen LogP contribution in [0.4, 0.5) is 0 Å². The van der Waals surface area contributed by atoms with Gasteiger partial charge >= 0.3 is 0 Å². The number of allylic oxidation sites excluding steroid dienone is 1. The molecule has 0 bridgehead atoms. The first kappa shape index (κ1) is 18.4. The molecular formula is C38H19+. The molecule has 0 unspecified atom stereocenters. The van der Waals surface area contributed by atoms with Gasteiger partial charge in [-0.2, -0.15) is 0 Å². The molecule has 0 saturated carbocycles. The van der Waals surface area contributed by atoms with Crippen molar-refractivity contribution in [2.45, 2.75) is 6.42 Å². The summed E-state index contributed by atoms with van der Waals surface area (Å²) in [5.74, 6) is 1.39. The SMILES string of the molecule is C1=Cc2cc3cccc4cc5c6c(cc(c2c6c34)C1)-c1ccc2cc3cccc4ccc6c(c2c1[C+]5C=6)c43. The first-order chi connectivity index (χ1) is 18.8. The molecule has 0 fully saturated rings. The van der Waals surface area contributed by atoms with Gasteiger partial charge in [0.05, 0.1) is 33.2 Å². The van der Waals surface area contributed by atoms with Crippen LogP contribution in [0.2, 0.25) is 0 Å². The lowest BCUT2D eigenvalue weighted by Gasteiger charge is -2.28. The lowest BCUT2D eigenvalue weighted by molar-refractivity contribution is 1.29. The first-order valence-electron chi connectivity index (χ1n) is 13.6. The molecule has 8 aromatic rings. The molecule has 0 saturated heterocycles. The average Bonchev–Trinajstić information content (AvgIpc) is 2.96. The molecule has 0 radical (unpaired) electrons. The summed E-state index contributed by atoms with van der Waals surface area (Å²) >= 11 is 0. The number of hydrogen-bond donors (Lipinski definition) is 0. The minimum absolute atomic E-state index is 0.997. The number of fused-ring (bicyclic) bond motifs is 2. The maximum absolute atomic E-state index is 2.52. The zero-order valence-electron chi connectivity index (χ0n) is 20.5. The van der Waals surface area contributed by atoms with E-state index in [1.54, 1.807) is 0 Å². The second-order valence-corrected chi connectivity index (χ2v) is 11.4. The van der Waals surface area contributed by atoms with Gasteiger partial charge in [0.15, 0.2) is 0 Å². The number of hydrogen-bond acceptors (Lipinski definition) is 0. The lowest BCUT2D eigenvalue weighted by Crippen LogP contribution is -2.18. The monoisotopic (exact) mass is 475 g/mol. The van der Waals surface area contributed by atoms with Gasteiger partial charge in [-0.25, -0.2) is 0 Å². The van der Waals surface area contributed by atoms with Crippen molar-refractivity contribution in [3.05, 3.63) is 124 Å². The second kappa shape index (κ2) is 5.85. The Hall–Kier alpha value is -4.81. The van der Waals surface area contributed by atoms with Crippen LogP contribution in [0.3, 0.4) is 0 Å². The van der Waals surface area contributed by atoms with Crippen molar-refractivity contribution < 1.29 is 0 Å². The fraction of sp³-hybridized carbons (Fsp3) is 0.0263. The fourth-order valence-corrected chi connectivity index (χ4v) is 8.27. The van der Waals surface area contributed by atoms with E-state index in [9.17, 15) is 0 Å². The lowest BCUT2D eigenvalue weighted by atomic mass is 9.69. The highest BCUT2D eigenvalue weighted by Crippen LogP contribution is 2.55. The molecule has 8 aromatic carbocycles. The highest BCUT2D eigenvalue weighted by atomic mass is 14.4. The largest absolute Gasteiger partial charge is 0.0821 e. The molecule has 0 spiro atoms. The third-order valence-corrected chi connectivity index (χ3v) is 9.65. The van der Waals surface area contributed by atoms with Crippen molar-refractivity contribution in [2.24, 2.45) is 0 Å². The molecule has 170 valence electrons. The average molecular weight is 476 g/mol. The molecule has 0 amide bonds. The minimum atomic E-state index is 0.997. The molecule has 0 heterocycles. The molecule has 0 nitrogen and oxygen atoms in total. The molecular weight excluding hydrogens is 456 g/mol. The summed E-state index contributed by atoms with van der Waals surface area (Å²) < 4.78 is 0. The zero-order valence-corrected chi connectivity index (χ0v) is 20.5. The molecule has 0 aromatic heterocycles. The van der Waals surface area contributed by atoms with E-state index in [0.29, 0.717) is 0 Å². The van der Waals surface area contributed by atoms with Gasteiger partial charge in [-0.1, -0.05) is 42.5 Å². The van der Waals surface area contributed by atoms with E-state index in [2.05, 4.69) is 103 Å². The highest BCUT2D eigenvalue weighted by molar-refractivity contribution is 6.32. The van der Waals surface area contributed by atoms with Crippen LogP contribution < -0.4 is 5.22 Å². The summed E-state index contributed by atoms with van der Waals surface area (Å²) in [6.07, 6.45) is 8.16. The summed E-state index contributed by atoms with van der Waals surface area (Å²) in [5, 5.41) is 18.1. The van der Waals surface area contributed by atoms with Gasteiger partial charge in [0, 0.05) is 60.8 Å². The van der Waals surface area contributed by atoms with Crippen LogP contribution in [0, 0.1) is 5.92 Å². The van der Waals surface area contributed by atoms with E-state index in [0.717, 1.165) is 6.42 Å². The van der Waals surface area contributed by atoms with E-state index >= 15 is 0 Å². The first-order valence-corrected chi connectivity index (χ1v) is 13.6. The Bertz CT molecular complexity index is 2520. The van der Waals surface area contributed by atoms with Gasteiger partial charge in [0.25, 0.3) is 0 Å². The maximum Gasteiger partial charge on any atom is 0.0821 e. The van der Waals surface area contributed by atoms with Crippen LogP contribution in [0.15, 0.2) is 91.0 Å². The van der Waals surface area contributed by atoms with Crippen LogP contribution in [-0.2, 0) is 6.42 Å². The quantitative estimate of drug-likeness (QED) is 0.117. The zero-order chi connectivity index (χ0) is 24.3. The van der Waals surface area contributed by atoms with Crippen molar-refractivity contribution in [1.82, 2.24) is 0 Å². The van der Waals surface area contributed by atoms with Crippen LogP contribution in [0.25, 0.3) is 87.9 Å².